The summed E-state index contributed by atoms with van der Waals surface area (Å²) in [5.74, 6) is 0.563. The van der Waals surface area contributed by atoms with Gasteiger partial charge in [0, 0.05) is 6.07 Å². The van der Waals surface area contributed by atoms with Gasteiger partial charge in [-0.15, -0.1) is 0 Å². The van der Waals surface area contributed by atoms with Crippen LogP contribution in [0.4, 0.5) is 5.69 Å². The maximum atomic E-state index is 4.85. The highest BCUT2D eigenvalue weighted by Gasteiger charge is 1.90. The van der Waals surface area contributed by atoms with Crippen LogP contribution in [-0.2, 0) is 0 Å². The van der Waals surface area contributed by atoms with Crippen LogP contribution in [0.2, 0.25) is 0 Å². The predicted molar refractivity (Wildman–Crippen MR) is 45.5 cm³/mol. The number of ether oxygens (including phenoxy) is 1. The van der Waals surface area contributed by atoms with Gasteiger partial charge in [0.1, 0.15) is 0 Å². The normalized spacial score (nSPS) is 8.45. The van der Waals surface area contributed by atoms with E-state index in [2.05, 4.69) is 27.4 Å². The minimum absolute atomic E-state index is 0.563. The Kier molecular flexibility index (Phi) is 2.72. The number of rotatable bonds is 2. The Hall–Kier alpha value is -1.25. The lowest BCUT2D eigenvalue weighted by Gasteiger charge is -1.95. The first-order chi connectivity index (χ1) is 5.36. The molecule has 0 fully saturated rings. The predicted octanol–water partition coefficient (Wildman–Crippen LogP) is 1.82. The number of nitrogens with zero attached hydrogens (tertiary/aromatic N) is 2. The minimum atomic E-state index is 0.563. The summed E-state index contributed by atoms with van der Waals surface area (Å²) in [4.78, 5) is 7.64. The van der Waals surface area contributed by atoms with E-state index >= 15 is 0 Å². The third-order valence-electron chi connectivity index (χ3n) is 1.10. The molecule has 0 saturated carbocycles. The smallest absolute Gasteiger partial charge is 0.213 e. The van der Waals surface area contributed by atoms with E-state index < -0.39 is 0 Å². The van der Waals surface area contributed by atoms with Crippen molar-refractivity contribution in [2.45, 2.75) is 0 Å². The number of hydrogen-bond acceptors (Lipinski definition) is 4. The van der Waals surface area contributed by atoms with Crippen LogP contribution in [0.5, 0.6) is 5.88 Å². The molecule has 3 nitrogen and oxygen atoms in total. The third kappa shape index (κ3) is 2.11. The number of pyridine rings is 1. The molecule has 0 N–H and O–H groups in total. The Morgan fingerprint density at radius 3 is 2.91 bits per heavy atom. The van der Waals surface area contributed by atoms with Gasteiger partial charge in [-0.3, -0.25) is 0 Å². The van der Waals surface area contributed by atoms with E-state index in [1.54, 1.807) is 25.4 Å². The van der Waals surface area contributed by atoms with Crippen LogP contribution < -0.4 is 4.74 Å². The quantitative estimate of drug-likeness (QED) is 0.496. The molecule has 1 rings (SSSR count). The van der Waals surface area contributed by atoms with Gasteiger partial charge in [-0.05, 0) is 18.3 Å². The van der Waals surface area contributed by atoms with Crippen molar-refractivity contribution in [3.05, 3.63) is 18.3 Å². The molecule has 0 amide bonds. The molecule has 0 aliphatic rings. The van der Waals surface area contributed by atoms with Crippen molar-refractivity contribution in [2.24, 2.45) is 4.99 Å². The molecule has 0 aromatic carbocycles. The fourth-order valence-electron chi connectivity index (χ4n) is 0.612. The number of methoxy groups -OCH3 is 1. The van der Waals surface area contributed by atoms with Crippen LogP contribution >= 0.6 is 12.2 Å². The van der Waals surface area contributed by atoms with E-state index in [1.807, 2.05) is 0 Å². The first-order valence-corrected chi connectivity index (χ1v) is 3.35. The van der Waals surface area contributed by atoms with Crippen LogP contribution in [0, 0.1) is 0 Å². The highest BCUT2D eigenvalue weighted by Crippen LogP contribution is 2.12. The second-order valence-electron chi connectivity index (χ2n) is 1.76. The molecule has 0 spiro atoms. The van der Waals surface area contributed by atoms with Crippen LogP contribution in [0.25, 0.3) is 0 Å². The average Bonchev–Trinajstić information content (AvgIpc) is 2.07. The van der Waals surface area contributed by atoms with Crippen molar-refractivity contribution >= 4 is 23.1 Å². The molecule has 4 heteroatoms. The maximum absolute atomic E-state index is 4.85. The maximum Gasteiger partial charge on any atom is 0.213 e. The molecule has 0 bridgehead atoms. The number of hydrogen-bond donors (Lipinski definition) is 0. The molecule has 1 heterocycles. The summed E-state index contributed by atoms with van der Waals surface area (Å²) in [6, 6.07) is 3.47. The average molecular weight is 166 g/mol. The summed E-state index contributed by atoms with van der Waals surface area (Å²) < 4.78 is 4.85. The van der Waals surface area contributed by atoms with Crippen LogP contribution in [-0.4, -0.2) is 17.3 Å². The summed E-state index contributed by atoms with van der Waals surface area (Å²) in [6.45, 7) is 0. The van der Waals surface area contributed by atoms with E-state index in [9.17, 15) is 0 Å². The van der Waals surface area contributed by atoms with E-state index in [0.29, 0.717) is 11.6 Å². The van der Waals surface area contributed by atoms with Gasteiger partial charge < -0.3 is 4.74 Å². The zero-order valence-electron chi connectivity index (χ0n) is 5.94. The lowest BCUT2D eigenvalue weighted by atomic mass is 10.4. The van der Waals surface area contributed by atoms with Crippen molar-refractivity contribution in [2.75, 3.05) is 7.11 Å². The minimum Gasteiger partial charge on any atom is -0.481 e. The molecular formula is C7H6N2OS. The first-order valence-electron chi connectivity index (χ1n) is 2.94. The molecule has 11 heavy (non-hydrogen) atoms. The Labute approximate surface area is 69.7 Å². The number of aliphatic imine (C=N–C) groups is 1. The lowest BCUT2D eigenvalue weighted by molar-refractivity contribution is 0.398. The first kappa shape index (κ1) is 7.85. The van der Waals surface area contributed by atoms with Crippen molar-refractivity contribution in [3.8, 4) is 5.88 Å². The molecule has 0 atom stereocenters. The Balaban J connectivity index is 2.91. The summed E-state index contributed by atoms with van der Waals surface area (Å²) >= 11 is 4.42. The summed E-state index contributed by atoms with van der Waals surface area (Å²) in [6.07, 6.45) is 1.57. The molecule has 1 aromatic rings. The number of isothiocyanates is 1. The zero-order chi connectivity index (χ0) is 8.10. The second kappa shape index (κ2) is 3.81. The fourth-order valence-corrected chi connectivity index (χ4v) is 0.717. The van der Waals surface area contributed by atoms with E-state index in [1.165, 1.54) is 0 Å². The van der Waals surface area contributed by atoms with Gasteiger partial charge in [0.05, 0.1) is 24.2 Å². The Bertz CT molecular complexity index is 277. The molecule has 0 aliphatic heterocycles. The van der Waals surface area contributed by atoms with Crippen molar-refractivity contribution < 1.29 is 4.74 Å². The summed E-state index contributed by atoms with van der Waals surface area (Å²) in [7, 11) is 1.56. The van der Waals surface area contributed by atoms with E-state index in [-0.39, 0.29) is 0 Å². The van der Waals surface area contributed by atoms with E-state index in [4.69, 9.17) is 4.74 Å². The molecule has 56 valence electrons. The SMILES string of the molecule is COc1ccc(N=C=S)cn1. The highest BCUT2D eigenvalue weighted by atomic mass is 32.1. The van der Waals surface area contributed by atoms with Crippen molar-refractivity contribution in [1.82, 2.24) is 4.98 Å². The molecule has 0 radical (unpaired) electrons. The lowest BCUT2D eigenvalue weighted by Crippen LogP contribution is -1.84. The number of aromatic nitrogens is 1. The van der Waals surface area contributed by atoms with E-state index in [0.717, 1.165) is 0 Å². The Morgan fingerprint density at radius 2 is 2.45 bits per heavy atom. The van der Waals surface area contributed by atoms with Gasteiger partial charge in [0.2, 0.25) is 5.88 Å². The fraction of sp³-hybridized carbons (Fsp3) is 0.143. The van der Waals surface area contributed by atoms with Crippen molar-refractivity contribution in [1.29, 1.82) is 0 Å². The largest absolute Gasteiger partial charge is 0.481 e. The topological polar surface area (TPSA) is 34.5 Å². The molecule has 0 saturated heterocycles. The molecule has 0 unspecified atom stereocenters. The highest BCUT2D eigenvalue weighted by molar-refractivity contribution is 7.78. The van der Waals surface area contributed by atoms with Crippen LogP contribution in [0.1, 0.15) is 0 Å². The van der Waals surface area contributed by atoms with Crippen LogP contribution in [0.15, 0.2) is 23.3 Å². The Morgan fingerprint density at radius 1 is 1.64 bits per heavy atom. The molecular weight excluding hydrogens is 160 g/mol. The van der Waals surface area contributed by atoms with Crippen LogP contribution in [0.3, 0.4) is 0 Å². The third-order valence-corrected chi connectivity index (χ3v) is 1.20. The molecule has 1 aromatic heterocycles. The second-order valence-corrected chi connectivity index (χ2v) is 1.94. The number of thiocarbonyl (C=S) groups is 1. The van der Waals surface area contributed by atoms with Crippen molar-refractivity contribution in [3.63, 3.8) is 0 Å². The molecule has 0 aliphatic carbocycles. The van der Waals surface area contributed by atoms with Gasteiger partial charge in [-0.1, -0.05) is 0 Å². The standard InChI is InChI=1S/C7H6N2OS/c1-10-7-3-2-6(4-8-7)9-5-11/h2-4H,1H3. The van der Waals surface area contributed by atoms with Gasteiger partial charge in [-0.25, -0.2) is 4.98 Å². The van der Waals surface area contributed by atoms with Gasteiger partial charge in [0.15, 0.2) is 0 Å². The summed E-state index contributed by atoms with van der Waals surface area (Å²) in [5.41, 5.74) is 0.681. The van der Waals surface area contributed by atoms with Gasteiger partial charge in [-0.2, -0.15) is 4.99 Å². The monoisotopic (exact) mass is 166 g/mol. The summed E-state index contributed by atoms with van der Waals surface area (Å²) in [5, 5.41) is 2.25. The van der Waals surface area contributed by atoms with Gasteiger partial charge >= 0.3 is 0 Å². The zero-order valence-corrected chi connectivity index (χ0v) is 6.76. The van der Waals surface area contributed by atoms with Gasteiger partial charge in [0.25, 0.3) is 0 Å².